The number of nitrogens with zero attached hydrogens (tertiary/aromatic N) is 1. The third-order valence-corrected chi connectivity index (χ3v) is 2.94. The molecule has 0 fully saturated rings. The molecule has 2 heteroatoms. The lowest BCUT2D eigenvalue weighted by atomic mass is 10.2. The normalized spacial score (nSPS) is 10.0. The fourth-order valence-corrected chi connectivity index (χ4v) is 1.79. The highest BCUT2D eigenvalue weighted by Crippen LogP contribution is 2.28. The molecule has 0 aliphatic rings. The topological polar surface area (TPSA) is 3.24 Å². The number of hydrogen-bond acceptors (Lipinski definition) is 1. The second kappa shape index (κ2) is 4.46. The molecule has 0 heterocycles. The lowest BCUT2D eigenvalue weighted by Gasteiger charge is -2.18. The molecule has 0 amide bonds. The van der Waals surface area contributed by atoms with Crippen LogP contribution in [0.1, 0.15) is 5.56 Å². The average Bonchev–Trinajstić information content (AvgIpc) is 2.30. The molecule has 1 nitrogen and oxygen atoms in total. The number of aryl methyl sites for hydroxylation is 1. The summed E-state index contributed by atoms with van der Waals surface area (Å²) >= 11 is 0. The second-order valence-electron chi connectivity index (χ2n) is 3.54. The van der Waals surface area contributed by atoms with Crippen LogP contribution >= 0.6 is 9.39 Å². The molecule has 1 unspecified atom stereocenters. The van der Waals surface area contributed by atoms with E-state index in [1.165, 1.54) is 16.9 Å². The van der Waals surface area contributed by atoms with Crippen LogP contribution in [0.25, 0.3) is 0 Å². The minimum Gasteiger partial charge on any atom is -0.326 e. The Labute approximate surface area is 93.0 Å². The van der Waals surface area contributed by atoms with Crippen molar-refractivity contribution in [2.24, 2.45) is 0 Å². The van der Waals surface area contributed by atoms with Gasteiger partial charge in [0, 0.05) is 11.4 Å². The first-order valence-corrected chi connectivity index (χ1v) is 5.45. The number of anilines is 2. The fourth-order valence-electron chi connectivity index (χ4n) is 1.44. The van der Waals surface area contributed by atoms with E-state index in [1.54, 1.807) is 0 Å². The Bertz CT molecular complexity index is 422. The van der Waals surface area contributed by atoms with E-state index in [0.717, 1.165) is 0 Å². The van der Waals surface area contributed by atoms with Crippen LogP contribution in [0, 0.1) is 6.92 Å². The van der Waals surface area contributed by atoms with Crippen molar-refractivity contribution in [3.05, 3.63) is 60.2 Å². The standard InChI is InChI=1S/C13H14NP/c1-11-7-9-13(10-8-11)14(15)12-5-3-2-4-6-12/h2-10H,15H2,1H3. The van der Waals surface area contributed by atoms with E-state index < -0.39 is 0 Å². The number of hydrogen-bond donors (Lipinski definition) is 0. The fraction of sp³-hybridized carbons (Fsp3) is 0.0769. The van der Waals surface area contributed by atoms with Gasteiger partial charge in [0.25, 0.3) is 0 Å². The molecule has 0 aromatic heterocycles. The quantitative estimate of drug-likeness (QED) is 0.686. The minimum atomic E-state index is 1.17. The summed E-state index contributed by atoms with van der Waals surface area (Å²) in [7, 11) is 2.74. The molecule has 0 aliphatic carbocycles. The Morgan fingerprint density at radius 3 is 1.93 bits per heavy atom. The molecule has 2 aromatic carbocycles. The highest BCUT2D eigenvalue weighted by Gasteiger charge is 2.01. The van der Waals surface area contributed by atoms with Crippen LogP contribution in [-0.2, 0) is 0 Å². The van der Waals surface area contributed by atoms with Gasteiger partial charge in [0.2, 0.25) is 0 Å². The van der Waals surface area contributed by atoms with Gasteiger partial charge in [0.15, 0.2) is 0 Å². The highest BCUT2D eigenvalue weighted by atomic mass is 31.0. The Hall–Kier alpha value is -1.33. The van der Waals surface area contributed by atoms with Gasteiger partial charge in [0.05, 0.1) is 0 Å². The summed E-state index contributed by atoms with van der Waals surface area (Å²) in [5.74, 6) is 0. The Morgan fingerprint density at radius 1 is 0.800 bits per heavy atom. The van der Waals surface area contributed by atoms with E-state index in [-0.39, 0.29) is 0 Å². The highest BCUT2D eigenvalue weighted by molar-refractivity contribution is 7.19. The van der Waals surface area contributed by atoms with Gasteiger partial charge in [-0.15, -0.1) is 0 Å². The van der Waals surface area contributed by atoms with Crippen LogP contribution in [-0.4, -0.2) is 0 Å². The zero-order valence-corrected chi connectivity index (χ0v) is 9.88. The summed E-state index contributed by atoms with van der Waals surface area (Å²) in [6.07, 6.45) is 0. The van der Waals surface area contributed by atoms with Crippen molar-refractivity contribution in [2.75, 3.05) is 4.67 Å². The Morgan fingerprint density at radius 2 is 1.33 bits per heavy atom. The van der Waals surface area contributed by atoms with Crippen molar-refractivity contribution in [3.63, 3.8) is 0 Å². The molecule has 0 aliphatic heterocycles. The van der Waals surface area contributed by atoms with Crippen molar-refractivity contribution in [2.45, 2.75) is 6.92 Å². The van der Waals surface area contributed by atoms with E-state index in [0.29, 0.717) is 0 Å². The predicted molar refractivity (Wildman–Crippen MR) is 69.5 cm³/mol. The van der Waals surface area contributed by atoms with E-state index >= 15 is 0 Å². The van der Waals surface area contributed by atoms with Crippen LogP contribution in [0.2, 0.25) is 0 Å². The second-order valence-corrected chi connectivity index (χ2v) is 4.06. The maximum absolute atomic E-state index is 2.74. The Balaban J connectivity index is 2.29. The third-order valence-electron chi connectivity index (χ3n) is 2.35. The van der Waals surface area contributed by atoms with Gasteiger partial charge in [-0.2, -0.15) is 0 Å². The van der Waals surface area contributed by atoms with E-state index in [2.05, 4.69) is 57.4 Å². The summed E-state index contributed by atoms with van der Waals surface area (Å²) in [6, 6.07) is 18.8. The lowest BCUT2D eigenvalue weighted by molar-refractivity contribution is 1.40. The SMILES string of the molecule is Cc1ccc(N(P)c2ccccc2)cc1. The Kier molecular flexibility index (Phi) is 3.03. The van der Waals surface area contributed by atoms with Crippen LogP contribution in [0.4, 0.5) is 11.4 Å². The van der Waals surface area contributed by atoms with Gasteiger partial charge in [-0.05, 0) is 40.6 Å². The third kappa shape index (κ3) is 2.37. The van der Waals surface area contributed by atoms with Crippen molar-refractivity contribution in [1.29, 1.82) is 0 Å². The number of benzene rings is 2. The molecule has 0 saturated heterocycles. The molecule has 0 bridgehead atoms. The monoisotopic (exact) mass is 215 g/mol. The molecule has 2 aromatic rings. The van der Waals surface area contributed by atoms with E-state index in [4.69, 9.17) is 0 Å². The molecular formula is C13H14NP. The van der Waals surface area contributed by atoms with Crippen molar-refractivity contribution >= 4 is 20.8 Å². The lowest BCUT2D eigenvalue weighted by Crippen LogP contribution is -1.99. The smallest absolute Gasteiger partial charge is 0.0441 e. The summed E-state index contributed by atoms with van der Waals surface area (Å²) in [5, 5.41) is 0. The first-order chi connectivity index (χ1) is 7.27. The molecule has 1 atom stereocenters. The van der Waals surface area contributed by atoms with Crippen LogP contribution in [0.5, 0.6) is 0 Å². The molecule has 0 spiro atoms. The summed E-state index contributed by atoms with van der Waals surface area (Å²) in [4.78, 5) is 0. The van der Waals surface area contributed by atoms with Gasteiger partial charge < -0.3 is 4.67 Å². The van der Waals surface area contributed by atoms with Gasteiger partial charge >= 0.3 is 0 Å². The van der Waals surface area contributed by atoms with E-state index in [9.17, 15) is 0 Å². The van der Waals surface area contributed by atoms with Gasteiger partial charge in [-0.3, -0.25) is 0 Å². The summed E-state index contributed by atoms with van der Waals surface area (Å²) in [6.45, 7) is 2.10. The number of para-hydroxylation sites is 1. The van der Waals surface area contributed by atoms with Crippen LogP contribution in [0.3, 0.4) is 0 Å². The predicted octanol–water partition coefficient (Wildman–Crippen LogP) is 3.92. The average molecular weight is 215 g/mol. The van der Waals surface area contributed by atoms with Crippen LogP contribution < -0.4 is 4.67 Å². The summed E-state index contributed by atoms with van der Waals surface area (Å²) in [5.41, 5.74) is 3.63. The van der Waals surface area contributed by atoms with Crippen molar-refractivity contribution in [3.8, 4) is 0 Å². The first-order valence-electron chi connectivity index (χ1n) is 4.94. The van der Waals surface area contributed by atoms with E-state index in [1.807, 2.05) is 18.2 Å². The zero-order chi connectivity index (χ0) is 10.7. The largest absolute Gasteiger partial charge is 0.326 e. The first kappa shape index (κ1) is 10.2. The molecular weight excluding hydrogens is 201 g/mol. The molecule has 0 N–H and O–H groups in total. The minimum absolute atomic E-state index is 1.17. The van der Waals surface area contributed by atoms with Crippen molar-refractivity contribution in [1.82, 2.24) is 0 Å². The maximum atomic E-state index is 2.74. The van der Waals surface area contributed by atoms with Crippen LogP contribution in [0.15, 0.2) is 54.6 Å². The zero-order valence-electron chi connectivity index (χ0n) is 8.72. The maximum Gasteiger partial charge on any atom is 0.0441 e. The van der Waals surface area contributed by atoms with Crippen molar-refractivity contribution < 1.29 is 0 Å². The summed E-state index contributed by atoms with van der Waals surface area (Å²) < 4.78 is 2.10. The molecule has 15 heavy (non-hydrogen) atoms. The molecule has 0 saturated carbocycles. The van der Waals surface area contributed by atoms with Gasteiger partial charge in [-0.1, -0.05) is 35.9 Å². The molecule has 2 rings (SSSR count). The van der Waals surface area contributed by atoms with Gasteiger partial charge in [-0.25, -0.2) is 0 Å². The molecule has 0 radical (unpaired) electrons. The number of rotatable bonds is 2. The van der Waals surface area contributed by atoms with Gasteiger partial charge in [0.1, 0.15) is 0 Å². The molecule has 76 valence electrons.